The molecule has 2 rings (SSSR count). The number of nitrogens with zero attached hydrogens (tertiary/aromatic N) is 1. The summed E-state index contributed by atoms with van der Waals surface area (Å²) in [5, 5.41) is 8.81. The third-order valence-electron chi connectivity index (χ3n) is 4.23. The summed E-state index contributed by atoms with van der Waals surface area (Å²) in [6.07, 6.45) is 5.91. The number of aliphatic hydroxyl groups is 1. The topological polar surface area (TPSA) is 40.5 Å². The van der Waals surface area contributed by atoms with Gasteiger partial charge in [0.05, 0.1) is 0 Å². The highest BCUT2D eigenvalue weighted by Gasteiger charge is 2.23. The van der Waals surface area contributed by atoms with Crippen LogP contribution in [0.2, 0.25) is 0 Å². The van der Waals surface area contributed by atoms with Gasteiger partial charge in [0.1, 0.15) is 6.61 Å². The number of hydrogen-bond acceptors (Lipinski definition) is 2. The van der Waals surface area contributed by atoms with E-state index in [0.717, 1.165) is 24.0 Å². The van der Waals surface area contributed by atoms with Crippen molar-refractivity contribution in [3.8, 4) is 11.8 Å². The summed E-state index contributed by atoms with van der Waals surface area (Å²) in [6.45, 7) is 1.79. The predicted octanol–water partition coefficient (Wildman–Crippen LogP) is 2.74. The molecular formula is C18H23NO2. The van der Waals surface area contributed by atoms with Crippen LogP contribution in [0.1, 0.15) is 53.6 Å². The minimum absolute atomic E-state index is 0.0638. The second-order valence-electron chi connectivity index (χ2n) is 5.70. The molecule has 1 saturated carbocycles. The molecule has 3 heteroatoms. The van der Waals surface area contributed by atoms with Gasteiger partial charge in [0.15, 0.2) is 0 Å². The van der Waals surface area contributed by atoms with E-state index < -0.39 is 0 Å². The summed E-state index contributed by atoms with van der Waals surface area (Å²) < 4.78 is 0. The lowest BCUT2D eigenvalue weighted by Crippen LogP contribution is -2.38. The van der Waals surface area contributed by atoms with Crippen LogP contribution >= 0.6 is 0 Å². The Hall–Kier alpha value is -1.79. The lowest BCUT2D eigenvalue weighted by atomic mass is 9.94. The van der Waals surface area contributed by atoms with Crippen LogP contribution in [0.25, 0.3) is 0 Å². The molecule has 1 aliphatic rings. The largest absolute Gasteiger partial charge is 0.384 e. The van der Waals surface area contributed by atoms with Crippen molar-refractivity contribution in [2.75, 3.05) is 13.7 Å². The van der Waals surface area contributed by atoms with Crippen LogP contribution in [0.15, 0.2) is 18.2 Å². The Kier molecular flexibility index (Phi) is 5.41. The smallest absolute Gasteiger partial charge is 0.253 e. The van der Waals surface area contributed by atoms with Gasteiger partial charge in [-0.1, -0.05) is 37.2 Å². The zero-order valence-corrected chi connectivity index (χ0v) is 12.9. The molecule has 0 bridgehead atoms. The molecule has 0 saturated heterocycles. The number of amides is 1. The fourth-order valence-corrected chi connectivity index (χ4v) is 2.86. The molecule has 3 nitrogen and oxygen atoms in total. The summed E-state index contributed by atoms with van der Waals surface area (Å²) in [7, 11) is 1.90. The first-order chi connectivity index (χ1) is 10.1. The Bertz CT molecular complexity index is 562. The molecule has 0 radical (unpaired) electrons. The van der Waals surface area contributed by atoms with Gasteiger partial charge in [-0.05, 0) is 37.5 Å². The lowest BCUT2D eigenvalue weighted by Gasteiger charge is -2.31. The van der Waals surface area contributed by atoms with E-state index in [4.69, 9.17) is 5.11 Å². The highest BCUT2D eigenvalue weighted by atomic mass is 16.2. The van der Waals surface area contributed by atoms with Crippen LogP contribution in [0, 0.1) is 18.8 Å². The molecule has 1 aliphatic carbocycles. The summed E-state index contributed by atoms with van der Waals surface area (Å²) >= 11 is 0. The van der Waals surface area contributed by atoms with Gasteiger partial charge in [-0.3, -0.25) is 4.79 Å². The van der Waals surface area contributed by atoms with Crippen molar-refractivity contribution in [1.82, 2.24) is 4.90 Å². The maximum atomic E-state index is 12.6. The monoisotopic (exact) mass is 285 g/mol. The Balaban J connectivity index is 2.18. The van der Waals surface area contributed by atoms with Crippen LogP contribution in [0.3, 0.4) is 0 Å². The van der Waals surface area contributed by atoms with Gasteiger partial charge in [-0.25, -0.2) is 0 Å². The molecule has 1 amide bonds. The Morgan fingerprint density at radius 3 is 2.71 bits per heavy atom. The summed E-state index contributed by atoms with van der Waals surface area (Å²) in [5.74, 6) is 5.61. The highest BCUT2D eigenvalue weighted by molar-refractivity contribution is 5.94. The fourth-order valence-electron chi connectivity index (χ4n) is 2.86. The van der Waals surface area contributed by atoms with Crippen molar-refractivity contribution in [2.45, 2.75) is 45.1 Å². The quantitative estimate of drug-likeness (QED) is 0.849. The van der Waals surface area contributed by atoms with Crippen LogP contribution in [0.5, 0.6) is 0 Å². The second kappa shape index (κ2) is 7.28. The third kappa shape index (κ3) is 3.86. The average Bonchev–Trinajstić information content (AvgIpc) is 2.53. The molecule has 1 N–H and O–H groups in total. The van der Waals surface area contributed by atoms with E-state index in [1.807, 2.05) is 37.1 Å². The van der Waals surface area contributed by atoms with E-state index in [1.165, 1.54) is 19.3 Å². The Morgan fingerprint density at radius 2 is 2.05 bits per heavy atom. The fraction of sp³-hybridized carbons (Fsp3) is 0.500. The van der Waals surface area contributed by atoms with Gasteiger partial charge < -0.3 is 10.0 Å². The van der Waals surface area contributed by atoms with E-state index in [2.05, 4.69) is 11.8 Å². The molecule has 0 atom stereocenters. The van der Waals surface area contributed by atoms with E-state index in [-0.39, 0.29) is 12.5 Å². The van der Waals surface area contributed by atoms with Crippen molar-refractivity contribution in [1.29, 1.82) is 0 Å². The lowest BCUT2D eigenvalue weighted by molar-refractivity contribution is 0.0696. The maximum absolute atomic E-state index is 12.6. The zero-order valence-electron chi connectivity index (χ0n) is 12.9. The van der Waals surface area contributed by atoms with Gasteiger partial charge in [0.2, 0.25) is 0 Å². The van der Waals surface area contributed by atoms with E-state index in [0.29, 0.717) is 11.6 Å². The number of hydrogen-bond donors (Lipinski definition) is 1. The van der Waals surface area contributed by atoms with Crippen LogP contribution in [-0.4, -0.2) is 35.6 Å². The molecule has 0 heterocycles. The molecular weight excluding hydrogens is 262 g/mol. The minimum Gasteiger partial charge on any atom is -0.384 e. The van der Waals surface area contributed by atoms with Crippen molar-refractivity contribution >= 4 is 5.91 Å². The Labute approximate surface area is 127 Å². The second-order valence-corrected chi connectivity index (χ2v) is 5.70. The van der Waals surface area contributed by atoms with Crippen molar-refractivity contribution in [2.24, 2.45) is 0 Å². The predicted molar refractivity (Wildman–Crippen MR) is 84.1 cm³/mol. The molecule has 0 unspecified atom stereocenters. The first-order valence-electron chi connectivity index (χ1n) is 7.61. The van der Waals surface area contributed by atoms with Gasteiger partial charge in [-0.15, -0.1) is 0 Å². The standard InChI is InChI=1S/C18H23NO2/c1-14-10-11-16(13-15(14)7-6-12-20)18(21)19(2)17-8-4-3-5-9-17/h10-11,13,17,20H,3-5,8-9,12H2,1-2H3. The SMILES string of the molecule is Cc1ccc(C(=O)N(C)C2CCCCC2)cc1C#CCO. The van der Waals surface area contributed by atoms with E-state index >= 15 is 0 Å². The van der Waals surface area contributed by atoms with Crippen molar-refractivity contribution in [3.05, 3.63) is 34.9 Å². The number of carbonyl (C=O) groups is 1. The Morgan fingerprint density at radius 1 is 1.33 bits per heavy atom. The van der Waals surface area contributed by atoms with Gasteiger partial charge in [0.25, 0.3) is 5.91 Å². The molecule has 0 aromatic heterocycles. The van der Waals surface area contributed by atoms with E-state index in [9.17, 15) is 4.79 Å². The molecule has 0 aliphatic heterocycles. The first-order valence-corrected chi connectivity index (χ1v) is 7.61. The number of aliphatic hydroxyl groups excluding tert-OH is 1. The zero-order chi connectivity index (χ0) is 15.2. The van der Waals surface area contributed by atoms with Gasteiger partial charge in [-0.2, -0.15) is 0 Å². The molecule has 1 aromatic carbocycles. The molecule has 112 valence electrons. The summed E-state index contributed by atoms with van der Waals surface area (Å²) in [4.78, 5) is 14.5. The number of rotatable bonds is 2. The van der Waals surface area contributed by atoms with E-state index in [1.54, 1.807) is 0 Å². The number of aryl methyl sites for hydroxylation is 1. The number of carbonyl (C=O) groups excluding carboxylic acids is 1. The molecule has 21 heavy (non-hydrogen) atoms. The summed E-state index contributed by atoms with van der Waals surface area (Å²) in [5.41, 5.74) is 2.51. The average molecular weight is 285 g/mol. The number of benzene rings is 1. The first kappa shape index (κ1) is 15.6. The van der Waals surface area contributed by atoms with Crippen LogP contribution < -0.4 is 0 Å². The maximum Gasteiger partial charge on any atom is 0.253 e. The summed E-state index contributed by atoms with van der Waals surface area (Å²) in [6, 6.07) is 5.98. The van der Waals surface area contributed by atoms with Crippen LogP contribution in [-0.2, 0) is 0 Å². The van der Waals surface area contributed by atoms with Crippen LogP contribution in [0.4, 0.5) is 0 Å². The molecule has 0 spiro atoms. The van der Waals surface area contributed by atoms with Gasteiger partial charge in [0, 0.05) is 24.2 Å². The van der Waals surface area contributed by atoms with Crippen molar-refractivity contribution < 1.29 is 9.90 Å². The molecule has 1 aromatic rings. The normalized spacial score (nSPS) is 15.2. The molecule has 1 fully saturated rings. The minimum atomic E-state index is -0.167. The van der Waals surface area contributed by atoms with Gasteiger partial charge >= 0.3 is 0 Å². The van der Waals surface area contributed by atoms with Crippen molar-refractivity contribution in [3.63, 3.8) is 0 Å². The highest BCUT2D eigenvalue weighted by Crippen LogP contribution is 2.23. The third-order valence-corrected chi connectivity index (χ3v) is 4.23.